The van der Waals surface area contributed by atoms with Gasteiger partial charge in [-0.25, -0.2) is 0 Å². The average Bonchev–Trinajstić information content (AvgIpc) is 2.55. The van der Waals surface area contributed by atoms with Crippen LogP contribution in [0.15, 0.2) is 0 Å². The van der Waals surface area contributed by atoms with Crippen LogP contribution >= 0.6 is 0 Å². The first-order valence-corrected chi connectivity index (χ1v) is 5.63. The third-order valence-corrected chi connectivity index (χ3v) is 2.33. The van der Waals surface area contributed by atoms with Crippen LogP contribution in [-0.2, 0) is 33.3 Å². The number of aliphatic hydroxyl groups excluding tert-OH is 1. The van der Waals surface area contributed by atoms with Crippen molar-refractivity contribution in [1.29, 1.82) is 0 Å². The molecule has 1 fully saturated rings. The zero-order valence-electron chi connectivity index (χ0n) is 10.8. The molecule has 1 saturated heterocycles. The lowest BCUT2D eigenvalue weighted by atomic mass is 10.1. The lowest BCUT2D eigenvalue weighted by Gasteiger charge is -2.22. The van der Waals surface area contributed by atoms with E-state index in [1.807, 2.05) is 0 Å². The Labute approximate surface area is 109 Å². The Morgan fingerprint density at radius 3 is 1.84 bits per heavy atom. The molecule has 108 valence electrons. The van der Waals surface area contributed by atoms with E-state index in [0.717, 1.165) is 13.8 Å². The quantitative estimate of drug-likeness (QED) is 0.521. The molecule has 19 heavy (non-hydrogen) atoms. The second-order valence-corrected chi connectivity index (χ2v) is 3.98. The molecule has 1 unspecified atom stereocenters. The summed E-state index contributed by atoms with van der Waals surface area (Å²) in [7, 11) is 0. The number of carbonyl (C=O) groups is 3. The molecule has 0 radical (unpaired) electrons. The van der Waals surface area contributed by atoms with Crippen LogP contribution in [0.4, 0.5) is 0 Å². The molecule has 1 N–H and O–H groups in total. The van der Waals surface area contributed by atoms with E-state index >= 15 is 0 Å². The first-order valence-electron chi connectivity index (χ1n) is 5.63. The first-order chi connectivity index (χ1) is 8.85. The normalized spacial score (nSPS) is 29.7. The molecule has 1 heterocycles. The zero-order chi connectivity index (χ0) is 14.6. The minimum absolute atomic E-state index is 0.479. The average molecular weight is 276 g/mol. The number of rotatable bonds is 4. The molecule has 0 aromatic carbocycles. The van der Waals surface area contributed by atoms with Crippen molar-refractivity contribution >= 4 is 17.9 Å². The van der Waals surface area contributed by atoms with Gasteiger partial charge < -0.3 is 24.1 Å². The maximum atomic E-state index is 11.0. The summed E-state index contributed by atoms with van der Waals surface area (Å²) in [4.78, 5) is 33.0. The molecule has 1 rings (SSSR count). The van der Waals surface area contributed by atoms with Crippen molar-refractivity contribution in [3.8, 4) is 0 Å². The lowest BCUT2D eigenvalue weighted by Crippen LogP contribution is -2.41. The molecule has 0 saturated carbocycles. The van der Waals surface area contributed by atoms with Crippen molar-refractivity contribution < 1.29 is 38.4 Å². The van der Waals surface area contributed by atoms with E-state index < -0.39 is 49.1 Å². The van der Waals surface area contributed by atoms with Crippen molar-refractivity contribution in [2.75, 3.05) is 6.61 Å². The molecule has 0 aromatic heterocycles. The van der Waals surface area contributed by atoms with Crippen molar-refractivity contribution in [3.63, 3.8) is 0 Å². The van der Waals surface area contributed by atoms with E-state index in [4.69, 9.17) is 24.1 Å². The van der Waals surface area contributed by atoms with Gasteiger partial charge in [-0.3, -0.25) is 14.4 Å². The van der Waals surface area contributed by atoms with Gasteiger partial charge in [0.2, 0.25) is 12.4 Å². The van der Waals surface area contributed by atoms with Gasteiger partial charge in [-0.1, -0.05) is 0 Å². The summed E-state index contributed by atoms with van der Waals surface area (Å²) in [5.74, 6) is -1.93. The molecule has 0 aromatic rings. The van der Waals surface area contributed by atoms with Gasteiger partial charge in [0.15, 0.2) is 6.10 Å². The van der Waals surface area contributed by atoms with E-state index in [-0.39, 0.29) is 0 Å². The summed E-state index contributed by atoms with van der Waals surface area (Å²) in [5.41, 5.74) is 0. The SMILES string of the molecule is CC(=O)OC1O[C@H](CO)[C@@H](OC(C)=O)[C@H]1OC(C)=O. The zero-order valence-corrected chi connectivity index (χ0v) is 10.8. The minimum atomic E-state index is -1.22. The van der Waals surface area contributed by atoms with Gasteiger partial charge in [0, 0.05) is 20.8 Å². The van der Waals surface area contributed by atoms with Gasteiger partial charge in [-0.05, 0) is 0 Å². The van der Waals surface area contributed by atoms with Crippen LogP contribution in [0, 0.1) is 0 Å². The van der Waals surface area contributed by atoms with Crippen LogP contribution in [0.25, 0.3) is 0 Å². The second kappa shape index (κ2) is 6.48. The largest absolute Gasteiger partial charge is 0.455 e. The molecular formula is C11H16O8. The monoisotopic (exact) mass is 276 g/mol. The molecule has 0 bridgehead atoms. The number of ether oxygens (including phenoxy) is 4. The Balaban J connectivity index is 2.90. The number of hydrogen-bond acceptors (Lipinski definition) is 8. The number of esters is 3. The van der Waals surface area contributed by atoms with E-state index in [2.05, 4.69) is 0 Å². The Morgan fingerprint density at radius 1 is 0.947 bits per heavy atom. The number of hydrogen-bond donors (Lipinski definition) is 1. The molecule has 0 spiro atoms. The minimum Gasteiger partial charge on any atom is -0.455 e. The predicted octanol–water partition coefficient (Wildman–Crippen LogP) is -0.870. The maximum Gasteiger partial charge on any atom is 0.305 e. The topological polar surface area (TPSA) is 108 Å². The molecule has 1 aliphatic heterocycles. The molecule has 8 nitrogen and oxygen atoms in total. The standard InChI is InChI=1S/C11H16O8/c1-5(13)16-9-8(4-12)19-11(18-7(3)15)10(9)17-6(2)14/h8-12H,4H2,1-3H3/t8-,9-,10-,11?/m1/s1. The summed E-state index contributed by atoms with van der Waals surface area (Å²) in [6.07, 6.45) is -4.29. The highest BCUT2D eigenvalue weighted by Crippen LogP contribution is 2.27. The number of aliphatic hydroxyl groups is 1. The lowest BCUT2D eigenvalue weighted by molar-refractivity contribution is -0.196. The van der Waals surface area contributed by atoms with Crippen LogP contribution in [0.2, 0.25) is 0 Å². The van der Waals surface area contributed by atoms with Gasteiger partial charge in [0.05, 0.1) is 6.61 Å². The Bertz CT molecular complexity index is 366. The molecular weight excluding hydrogens is 260 g/mol. The summed E-state index contributed by atoms with van der Waals surface area (Å²) in [5, 5.41) is 9.16. The highest BCUT2D eigenvalue weighted by molar-refractivity contribution is 5.68. The van der Waals surface area contributed by atoms with E-state index in [0.29, 0.717) is 0 Å². The fourth-order valence-corrected chi connectivity index (χ4v) is 1.75. The van der Waals surface area contributed by atoms with Crippen molar-refractivity contribution in [2.24, 2.45) is 0 Å². The van der Waals surface area contributed by atoms with Gasteiger partial charge in [0.25, 0.3) is 0 Å². The molecule has 0 aliphatic carbocycles. The summed E-state index contributed by atoms with van der Waals surface area (Å²) in [6.45, 7) is 3.00. The van der Waals surface area contributed by atoms with Crippen LogP contribution in [0.5, 0.6) is 0 Å². The summed E-state index contributed by atoms with van der Waals surface area (Å²) >= 11 is 0. The van der Waals surface area contributed by atoms with E-state index in [9.17, 15) is 14.4 Å². The fourth-order valence-electron chi connectivity index (χ4n) is 1.75. The Kier molecular flexibility index (Phi) is 5.25. The maximum absolute atomic E-state index is 11.0. The van der Waals surface area contributed by atoms with Gasteiger partial charge in [-0.2, -0.15) is 0 Å². The van der Waals surface area contributed by atoms with Crippen LogP contribution < -0.4 is 0 Å². The molecule has 4 atom stereocenters. The van der Waals surface area contributed by atoms with Crippen LogP contribution in [0.3, 0.4) is 0 Å². The summed E-state index contributed by atoms with van der Waals surface area (Å²) in [6, 6.07) is 0. The van der Waals surface area contributed by atoms with Crippen LogP contribution in [0.1, 0.15) is 20.8 Å². The van der Waals surface area contributed by atoms with Crippen molar-refractivity contribution in [1.82, 2.24) is 0 Å². The predicted molar refractivity (Wildman–Crippen MR) is 58.6 cm³/mol. The third kappa shape index (κ3) is 4.18. The first kappa shape index (κ1) is 15.4. The second-order valence-electron chi connectivity index (χ2n) is 3.98. The van der Waals surface area contributed by atoms with Crippen molar-refractivity contribution in [2.45, 2.75) is 45.4 Å². The van der Waals surface area contributed by atoms with Crippen LogP contribution in [-0.4, -0.2) is 54.2 Å². The summed E-state index contributed by atoms with van der Waals surface area (Å²) < 4.78 is 19.9. The molecule has 0 amide bonds. The van der Waals surface area contributed by atoms with Crippen molar-refractivity contribution in [3.05, 3.63) is 0 Å². The fraction of sp³-hybridized carbons (Fsp3) is 0.727. The number of carbonyl (C=O) groups excluding carboxylic acids is 3. The Morgan fingerprint density at radius 2 is 1.42 bits per heavy atom. The van der Waals surface area contributed by atoms with Gasteiger partial charge >= 0.3 is 17.9 Å². The van der Waals surface area contributed by atoms with Gasteiger partial charge in [0.1, 0.15) is 6.10 Å². The Hall–Kier alpha value is -1.67. The van der Waals surface area contributed by atoms with E-state index in [1.165, 1.54) is 6.92 Å². The highest BCUT2D eigenvalue weighted by atomic mass is 16.7. The highest BCUT2D eigenvalue weighted by Gasteiger charge is 2.50. The molecule has 1 aliphatic rings. The van der Waals surface area contributed by atoms with E-state index in [1.54, 1.807) is 0 Å². The van der Waals surface area contributed by atoms with Gasteiger partial charge in [-0.15, -0.1) is 0 Å². The smallest absolute Gasteiger partial charge is 0.305 e. The third-order valence-electron chi connectivity index (χ3n) is 2.33. The molecule has 8 heteroatoms.